The number of thioether (sulfide) groups is 1. The normalized spacial score (nSPS) is 12.2. The van der Waals surface area contributed by atoms with Gasteiger partial charge in [0.1, 0.15) is 0 Å². The number of carboxylic acids is 1. The van der Waals surface area contributed by atoms with E-state index in [9.17, 15) is 14.4 Å². The molecule has 0 aromatic heterocycles. The number of rotatable bonds is 7. The average Bonchev–Trinajstić information content (AvgIpc) is 2.66. The fourth-order valence-corrected chi connectivity index (χ4v) is 3.34. The third-order valence-corrected chi connectivity index (χ3v) is 5.35. The predicted molar refractivity (Wildman–Crippen MR) is 117 cm³/mol. The van der Waals surface area contributed by atoms with Gasteiger partial charge in [-0.15, -0.1) is 11.8 Å². The highest BCUT2D eigenvalue weighted by Gasteiger charge is 2.16. The van der Waals surface area contributed by atoms with Gasteiger partial charge in [-0.1, -0.05) is 23.2 Å². The summed E-state index contributed by atoms with van der Waals surface area (Å²) < 4.78 is 0. The second-order valence-corrected chi connectivity index (χ2v) is 8.28. The molecule has 2 rings (SSSR count). The number of nitrogens with one attached hydrogen (secondary N) is 2. The van der Waals surface area contributed by atoms with E-state index in [2.05, 4.69) is 10.6 Å². The highest BCUT2D eigenvalue weighted by molar-refractivity contribution is 8.00. The van der Waals surface area contributed by atoms with E-state index in [4.69, 9.17) is 28.3 Å². The average molecular weight is 453 g/mol. The number of carbonyl (C=O) groups is 3. The van der Waals surface area contributed by atoms with Crippen LogP contribution in [0.25, 0.3) is 0 Å². The van der Waals surface area contributed by atoms with Gasteiger partial charge in [-0.25, -0.2) is 4.79 Å². The first kappa shape index (κ1) is 22.8. The molecule has 0 unspecified atom stereocenters. The molecule has 2 aromatic carbocycles. The Kier molecular flexibility index (Phi) is 8.13. The maximum Gasteiger partial charge on any atom is 0.331 e. The Hall–Kier alpha value is -2.48. The summed E-state index contributed by atoms with van der Waals surface area (Å²) in [5.74, 6) is -1.92. The molecule has 152 valence electrons. The minimum atomic E-state index is -1.15. The van der Waals surface area contributed by atoms with Crippen LogP contribution in [0.15, 0.2) is 59.0 Å². The smallest absolute Gasteiger partial charge is 0.331 e. The lowest BCUT2D eigenvalue weighted by molar-refractivity contribution is -0.132. The van der Waals surface area contributed by atoms with E-state index in [-0.39, 0.29) is 11.5 Å². The van der Waals surface area contributed by atoms with E-state index in [1.165, 1.54) is 18.7 Å². The van der Waals surface area contributed by atoms with E-state index in [1.807, 2.05) is 0 Å². The first-order chi connectivity index (χ1) is 13.7. The lowest BCUT2D eigenvalue weighted by Gasteiger charge is -2.13. The molecule has 0 bridgehead atoms. The third kappa shape index (κ3) is 7.12. The molecule has 0 aliphatic rings. The number of benzene rings is 2. The molecule has 3 N–H and O–H groups in total. The Bertz CT molecular complexity index is 961. The van der Waals surface area contributed by atoms with Crippen LogP contribution in [-0.4, -0.2) is 28.1 Å². The number of halogens is 2. The summed E-state index contributed by atoms with van der Waals surface area (Å²) in [6.45, 7) is 3.10. The number of carbonyl (C=O) groups excluding carboxylic acids is 2. The van der Waals surface area contributed by atoms with Gasteiger partial charge in [0.25, 0.3) is 0 Å². The molecular formula is C20H18Cl2N2O4S. The van der Waals surface area contributed by atoms with Crippen molar-refractivity contribution in [3.05, 3.63) is 64.2 Å². The van der Waals surface area contributed by atoms with Crippen molar-refractivity contribution in [2.24, 2.45) is 0 Å². The molecule has 0 radical (unpaired) electrons. The van der Waals surface area contributed by atoms with Gasteiger partial charge in [-0.3, -0.25) is 9.59 Å². The Balaban J connectivity index is 1.95. The lowest BCUT2D eigenvalue weighted by Crippen LogP contribution is -2.22. The van der Waals surface area contributed by atoms with Gasteiger partial charge in [0, 0.05) is 27.3 Å². The van der Waals surface area contributed by atoms with Crippen molar-refractivity contribution >= 4 is 64.1 Å². The molecule has 0 spiro atoms. The molecule has 0 saturated carbocycles. The summed E-state index contributed by atoms with van der Waals surface area (Å²) in [7, 11) is 0. The summed E-state index contributed by atoms with van der Waals surface area (Å²) in [6, 6.07) is 11.7. The summed E-state index contributed by atoms with van der Waals surface area (Å²) >= 11 is 13.3. The van der Waals surface area contributed by atoms with Crippen LogP contribution in [0.1, 0.15) is 13.8 Å². The highest BCUT2D eigenvalue weighted by atomic mass is 35.5. The fourth-order valence-electron chi connectivity index (χ4n) is 2.14. The molecule has 0 fully saturated rings. The number of aliphatic carboxylic acids is 1. The van der Waals surface area contributed by atoms with Gasteiger partial charge in [-0.2, -0.15) is 0 Å². The second kappa shape index (κ2) is 10.3. The fraction of sp³-hybridized carbons (Fsp3) is 0.150. The Morgan fingerprint density at radius 3 is 2.34 bits per heavy atom. The van der Waals surface area contributed by atoms with Crippen molar-refractivity contribution in [1.82, 2.24) is 0 Å². The topological polar surface area (TPSA) is 95.5 Å². The van der Waals surface area contributed by atoms with Crippen molar-refractivity contribution in [2.75, 3.05) is 10.6 Å². The monoisotopic (exact) mass is 452 g/mol. The molecule has 1 atom stereocenters. The molecule has 2 aromatic rings. The van der Waals surface area contributed by atoms with E-state index < -0.39 is 17.1 Å². The van der Waals surface area contributed by atoms with Crippen molar-refractivity contribution < 1.29 is 19.5 Å². The maximum atomic E-state index is 12.4. The van der Waals surface area contributed by atoms with E-state index >= 15 is 0 Å². The van der Waals surface area contributed by atoms with Gasteiger partial charge in [0.15, 0.2) is 0 Å². The van der Waals surface area contributed by atoms with Gasteiger partial charge in [0.2, 0.25) is 11.8 Å². The molecule has 2 amide bonds. The largest absolute Gasteiger partial charge is 0.478 e. The zero-order valence-electron chi connectivity index (χ0n) is 15.5. The van der Waals surface area contributed by atoms with Crippen molar-refractivity contribution in [3.63, 3.8) is 0 Å². The zero-order valence-corrected chi connectivity index (χ0v) is 17.9. The molecule has 0 aliphatic carbocycles. The SMILES string of the molecule is C/C(=C/C(=O)Nc1ccc(S[C@@H](C)C(=O)Nc2cc(Cl)ccc2Cl)cc1)C(=O)O. The van der Waals surface area contributed by atoms with Crippen LogP contribution in [-0.2, 0) is 14.4 Å². The van der Waals surface area contributed by atoms with Crippen LogP contribution in [0.2, 0.25) is 10.0 Å². The Labute approximate surface area is 182 Å². The zero-order chi connectivity index (χ0) is 21.6. The number of hydrogen-bond acceptors (Lipinski definition) is 4. The van der Waals surface area contributed by atoms with Gasteiger partial charge in [-0.05, 0) is 56.3 Å². The molecular weight excluding hydrogens is 435 g/mol. The minimum Gasteiger partial charge on any atom is -0.478 e. The van der Waals surface area contributed by atoms with Crippen molar-refractivity contribution in [1.29, 1.82) is 0 Å². The van der Waals surface area contributed by atoms with Crippen LogP contribution in [0.4, 0.5) is 11.4 Å². The van der Waals surface area contributed by atoms with Crippen molar-refractivity contribution in [3.8, 4) is 0 Å². The van der Waals surface area contributed by atoms with Crippen LogP contribution in [0.3, 0.4) is 0 Å². The first-order valence-electron chi connectivity index (χ1n) is 8.41. The quantitative estimate of drug-likeness (QED) is 0.401. The highest BCUT2D eigenvalue weighted by Crippen LogP contribution is 2.28. The number of carboxylic acid groups (broad SMARTS) is 1. The van der Waals surface area contributed by atoms with E-state index in [1.54, 1.807) is 49.4 Å². The number of hydrogen-bond donors (Lipinski definition) is 3. The molecule has 9 heteroatoms. The lowest BCUT2D eigenvalue weighted by atomic mass is 10.2. The third-order valence-electron chi connectivity index (χ3n) is 3.68. The van der Waals surface area contributed by atoms with Crippen LogP contribution in [0.5, 0.6) is 0 Å². The Morgan fingerprint density at radius 2 is 1.72 bits per heavy atom. The summed E-state index contributed by atoms with van der Waals surface area (Å²) in [5.41, 5.74) is 0.894. The minimum absolute atomic E-state index is 0.0608. The molecule has 0 heterocycles. The second-order valence-electron chi connectivity index (χ2n) is 6.02. The van der Waals surface area contributed by atoms with Crippen LogP contribution < -0.4 is 10.6 Å². The number of anilines is 2. The van der Waals surface area contributed by atoms with Crippen molar-refractivity contribution in [2.45, 2.75) is 24.0 Å². The summed E-state index contributed by atoms with van der Waals surface area (Å²) in [4.78, 5) is 35.7. The van der Waals surface area contributed by atoms with Gasteiger partial charge >= 0.3 is 5.97 Å². The molecule has 6 nitrogen and oxygen atoms in total. The van der Waals surface area contributed by atoms with Crippen LogP contribution >= 0.6 is 35.0 Å². The van der Waals surface area contributed by atoms with Gasteiger partial charge < -0.3 is 15.7 Å². The van der Waals surface area contributed by atoms with E-state index in [0.717, 1.165) is 11.0 Å². The summed E-state index contributed by atoms with van der Waals surface area (Å²) in [6.07, 6.45) is 1.01. The van der Waals surface area contributed by atoms with E-state index in [0.29, 0.717) is 21.4 Å². The first-order valence-corrected chi connectivity index (χ1v) is 10.0. The van der Waals surface area contributed by atoms with Crippen LogP contribution in [0, 0.1) is 0 Å². The molecule has 29 heavy (non-hydrogen) atoms. The van der Waals surface area contributed by atoms with Gasteiger partial charge in [0.05, 0.1) is 16.0 Å². The molecule has 0 aliphatic heterocycles. The summed E-state index contributed by atoms with van der Waals surface area (Å²) in [5, 5.41) is 14.6. The predicted octanol–water partition coefficient (Wildman–Crippen LogP) is 5.08. The number of amides is 2. The standard InChI is InChI=1S/C20H18Cl2N2O4S/c1-11(20(27)28)9-18(25)23-14-4-6-15(7-5-14)29-12(2)19(26)24-17-10-13(21)3-8-16(17)22/h3-10,12H,1-2H3,(H,23,25)(H,24,26)(H,27,28)/b11-9-/t12-/m0/s1. The Morgan fingerprint density at radius 1 is 1.07 bits per heavy atom. The maximum absolute atomic E-state index is 12.4. The molecule has 0 saturated heterocycles.